The summed E-state index contributed by atoms with van der Waals surface area (Å²) in [5, 5.41) is 2.86. The van der Waals surface area contributed by atoms with Gasteiger partial charge < -0.3 is 10.1 Å². The van der Waals surface area contributed by atoms with Crippen molar-refractivity contribution in [2.24, 2.45) is 0 Å². The Balaban J connectivity index is 1.68. The average molecular weight is 437 g/mol. The molecule has 28 heavy (non-hydrogen) atoms. The number of amides is 3. The second-order valence-electron chi connectivity index (χ2n) is 5.72. The second-order valence-corrected chi connectivity index (χ2v) is 7.53. The van der Waals surface area contributed by atoms with E-state index in [1.165, 1.54) is 6.08 Å². The van der Waals surface area contributed by atoms with Crippen LogP contribution in [0.15, 0.2) is 47.4 Å². The number of methoxy groups -OCH3 is 1. The molecule has 0 radical (unpaired) electrons. The van der Waals surface area contributed by atoms with Crippen LogP contribution >= 0.6 is 35.0 Å². The molecule has 0 saturated carbocycles. The molecule has 3 amide bonds. The van der Waals surface area contributed by atoms with E-state index in [0.29, 0.717) is 27.0 Å². The van der Waals surface area contributed by atoms with E-state index in [4.69, 9.17) is 27.9 Å². The Hall–Kier alpha value is -2.48. The molecule has 1 fully saturated rings. The zero-order chi connectivity index (χ0) is 20.3. The predicted octanol–water partition coefficient (Wildman–Crippen LogP) is 4.68. The molecule has 0 spiro atoms. The lowest BCUT2D eigenvalue weighted by atomic mass is 10.2. The first-order valence-electron chi connectivity index (χ1n) is 8.01. The van der Waals surface area contributed by atoms with Gasteiger partial charge in [0.2, 0.25) is 5.91 Å². The zero-order valence-corrected chi connectivity index (χ0v) is 16.9. The minimum Gasteiger partial charge on any atom is -0.497 e. The number of carbonyl (C=O) groups is 3. The van der Waals surface area contributed by atoms with Crippen LogP contribution in [0.3, 0.4) is 0 Å². The molecule has 9 heteroatoms. The van der Waals surface area contributed by atoms with E-state index in [0.717, 1.165) is 16.7 Å². The quantitative estimate of drug-likeness (QED) is 0.688. The summed E-state index contributed by atoms with van der Waals surface area (Å²) in [6.45, 7) is -0.380. The average Bonchev–Trinajstić information content (AvgIpc) is 2.92. The summed E-state index contributed by atoms with van der Waals surface area (Å²) in [7, 11) is 1.54. The van der Waals surface area contributed by atoms with Crippen molar-refractivity contribution < 1.29 is 19.1 Å². The fourth-order valence-corrected chi connectivity index (χ4v) is 3.55. The summed E-state index contributed by atoms with van der Waals surface area (Å²) in [5.74, 6) is -0.370. The number of benzene rings is 2. The lowest BCUT2D eigenvalue weighted by Gasteiger charge is -2.12. The maximum Gasteiger partial charge on any atom is 0.294 e. The van der Waals surface area contributed by atoms with Crippen LogP contribution in [0.2, 0.25) is 10.0 Å². The highest BCUT2D eigenvalue weighted by atomic mass is 35.5. The highest BCUT2D eigenvalue weighted by Crippen LogP contribution is 2.33. The molecule has 144 valence electrons. The second kappa shape index (κ2) is 8.68. The fraction of sp³-hybridized carbons (Fsp3) is 0.105. The van der Waals surface area contributed by atoms with Crippen molar-refractivity contribution in [3.63, 3.8) is 0 Å². The standard InChI is InChI=1S/C19H14Cl2N2O4S/c1-27-13-5-3-12(4-6-13)22-17(24)10-23-18(25)16(28-19(23)26)9-11-2-7-14(20)15(21)8-11/h2-9H,10H2,1H3,(H,22,24)/b16-9+. The molecule has 3 rings (SSSR count). The number of rotatable bonds is 5. The van der Waals surface area contributed by atoms with Gasteiger partial charge in [0.1, 0.15) is 12.3 Å². The Kier molecular flexibility index (Phi) is 6.28. The van der Waals surface area contributed by atoms with Crippen molar-refractivity contribution in [2.45, 2.75) is 0 Å². The Labute approximate surface area is 175 Å². The van der Waals surface area contributed by atoms with Gasteiger partial charge in [0.05, 0.1) is 22.1 Å². The SMILES string of the molecule is COc1ccc(NC(=O)CN2C(=O)S/C(=C/c3ccc(Cl)c(Cl)c3)C2=O)cc1. The number of hydrogen-bond acceptors (Lipinski definition) is 5. The molecule has 0 unspecified atom stereocenters. The van der Waals surface area contributed by atoms with Crippen molar-refractivity contribution in [3.05, 3.63) is 63.0 Å². The number of nitrogens with one attached hydrogen (secondary N) is 1. The minimum atomic E-state index is -0.536. The zero-order valence-electron chi connectivity index (χ0n) is 14.6. The summed E-state index contributed by atoms with van der Waals surface area (Å²) >= 11 is 12.6. The molecule has 1 heterocycles. The van der Waals surface area contributed by atoms with Crippen molar-refractivity contribution in [1.29, 1.82) is 0 Å². The van der Waals surface area contributed by atoms with E-state index in [1.54, 1.807) is 49.6 Å². The first kappa shape index (κ1) is 20.3. The number of thioether (sulfide) groups is 1. The molecule has 2 aromatic carbocycles. The molecule has 1 N–H and O–H groups in total. The Morgan fingerprint density at radius 3 is 2.50 bits per heavy atom. The van der Waals surface area contributed by atoms with Gasteiger partial charge in [-0.25, -0.2) is 0 Å². The lowest BCUT2D eigenvalue weighted by molar-refractivity contribution is -0.127. The third kappa shape index (κ3) is 4.67. The van der Waals surface area contributed by atoms with Gasteiger partial charge in [-0.05, 0) is 59.8 Å². The Bertz CT molecular complexity index is 976. The van der Waals surface area contributed by atoms with Gasteiger partial charge in [0.25, 0.3) is 11.1 Å². The molecular formula is C19H14Cl2N2O4S. The van der Waals surface area contributed by atoms with Crippen LogP contribution in [-0.2, 0) is 9.59 Å². The normalized spacial score (nSPS) is 15.2. The minimum absolute atomic E-state index is 0.209. The molecule has 0 aliphatic carbocycles. The molecule has 1 aliphatic rings. The van der Waals surface area contributed by atoms with Crippen molar-refractivity contribution in [2.75, 3.05) is 19.0 Å². The molecule has 6 nitrogen and oxygen atoms in total. The van der Waals surface area contributed by atoms with Crippen molar-refractivity contribution >= 4 is 63.8 Å². The summed E-state index contributed by atoms with van der Waals surface area (Å²) < 4.78 is 5.05. The van der Waals surface area contributed by atoms with Crippen LogP contribution in [-0.4, -0.2) is 35.6 Å². The molecule has 1 saturated heterocycles. The molecular weight excluding hydrogens is 423 g/mol. The first-order chi connectivity index (χ1) is 13.4. The molecule has 0 aromatic heterocycles. The third-order valence-corrected chi connectivity index (χ3v) is 5.44. The number of hydrogen-bond donors (Lipinski definition) is 1. The molecule has 2 aromatic rings. The first-order valence-corrected chi connectivity index (χ1v) is 9.59. The monoisotopic (exact) mass is 436 g/mol. The van der Waals surface area contributed by atoms with Gasteiger partial charge in [-0.15, -0.1) is 0 Å². The highest BCUT2D eigenvalue weighted by molar-refractivity contribution is 8.18. The molecule has 0 bridgehead atoms. The lowest BCUT2D eigenvalue weighted by Crippen LogP contribution is -2.36. The highest BCUT2D eigenvalue weighted by Gasteiger charge is 2.36. The summed E-state index contributed by atoms with van der Waals surface area (Å²) in [6, 6.07) is 11.6. The number of anilines is 1. The van der Waals surface area contributed by atoms with Gasteiger partial charge >= 0.3 is 0 Å². The summed E-state index contributed by atoms with van der Waals surface area (Å²) in [4.78, 5) is 38.0. The predicted molar refractivity (Wildman–Crippen MR) is 111 cm³/mol. The van der Waals surface area contributed by atoms with E-state index in [1.807, 2.05) is 0 Å². The van der Waals surface area contributed by atoms with Crippen molar-refractivity contribution in [3.8, 4) is 5.75 Å². The van der Waals surface area contributed by atoms with E-state index in [-0.39, 0.29) is 11.4 Å². The maximum absolute atomic E-state index is 12.5. The van der Waals surface area contributed by atoms with Crippen LogP contribution in [0.25, 0.3) is 6.08 Å². The summed E-state index contributed by atoms with van der Waals surface area (Å²) in [6.07, 6.45) is 1.54. The third-order valence-electron chi connectivity index (χ3n) is 3.79. The Morgan fingerprint density at radius 1 is 1.14 bits per heavy atom. The number of halogens is 2. The van der Waals surface area contributed by atoms with Gasteiger partial charge in [0, 0.05) is 5.69 Å². The topological polar surface area (TPSA) is 75.7 Å². The number of nitrogens with zero attached hydrogens (tertiary/aromatic N) is 1. The van der Waals surface area contributed by atoms with Crippen LogP contribution in [0.5, 0.6) is 5.75 Å². The fourth-order valence-electron chi connectivity index (χ4n) is 2.41. The van der Waals surface area contributed by atoms with E-state index in [2.05, 4.69) is 5.32 Å². The smallest absolute Gasteiger partial charge is 0.294 e. The number of imide groups is 1. The van der Waals surface area contributed by atoms with Gasteiger partial charge in [-0.1, -0.05) is 29.3 Å². The van der Waals surface area contributed by atoms with Gasteiger partial charge in [0.15, 0.2) is 0 Å². The maximum atomic E-state index is 12.5. The molecule has 1 aliphatic heterocycles. The van der Waals surface area contributed by atoms with Crippen LogP contribution in [0, 0.1) is 0 Å². The molecule has 0 atom stereocenters. The van der Waals surface area contributed by atoms with E-state index >= 15 is 0 Å². The van der Waals surface area contributed by atoms with Crippen LogP contribution in [0.4, 0.5) is 10.5 Å². The van der Waals surface area contributed by atoms with Gasteiger partial charge in [-0.2, -0.15) is 0 Å². The van der Waals surface area contributed by atoms with Crippen LogP contribution < -0.4 is 10.1 Å². The van der Waals surface area contributed by atoms with E-state index < -0.39 is 17.1 Å². The Morgan fingerprint density at radius 2 is 1.86 bits per heavy atom. The van der Waals surface area contributed by atoms with Crippen molar-refractivity contribution in [1.82, 2.24) is 4.90 Å². The van der Waals surface area contributed by atoms with Gasteiger partial charge in [-0.3, -0.25) is 19.3 Å². The number of carbonyl (C=O) groups excluding carboxylic acids is 3. The number of ether oxygens (including phenoxy) is 1. The summed E-state index contributed by atoms with van der Waals surface area (Å²) in [5.41, 5.74) is 1.16. The largest absolute Gasteiger partial charge is 0.497 e. The van der Waals surface area contributed by atoms with E-state index in [9.17, 15) is 14.4 Å². The van der Waals surface area contributed by atoms with Crippen LogP contribution in [0.1, 0.15) is 5.56 Å².